The smallest absolute Gasteiger partial charge is 0.0414 e. The molecule has 0 saturated heterocycles. The number of hydrogen-bond acceptors (Lipinski definition) is 0. The van der Waals surface area contributed by atoms with Crippen molar-refractivity contribution in [3.05, 3.63) is 6.92 Å². The average molecular weight is 211 g/mol. The van der Waals surface area contributed by atoms with Crippen LogP contribution in [-0.4, -0.2) is 0 Å². The second-order valence-corrected chi connectivity index (χ2v) is 4.85. The maximum atomic E-state index is 3.92. The van der Waals surface area contributed by atoms with Crippen molar-refractivity contribution in [3.8, 4) is 0 Å². The summed E-state index contributed by atoms with van der Waals surface area (Å²) in [6.45, 7) is 8.52. The summed E-state index contributed by atoms with van der Waals surface area (Å²) in [5, 5.41) is 0. The van der Waals surface area contributed by atoms with E-state index in [1.807, 2.05) is 0 Å². The fourth-order valence-corrected chi connectivity index (χ4v) is 2.31. The predicted octanol–water partition coefficient (Wildman–Crippen LogP) is 5.77. The highest BCUT2D eigenvalue weighted by Crippen LogP contribution is 2.22. The minimum atomic E-state index is 1.01. The van der Waals surface area contributed by atoms with Gasteiger partial charge in [-0.05, 0) is 5.92 Å². The van der Waals surface area contributed by atoms with Crippen LogP contribution in [-0.2, 0) is 0 Å². The van der Waals surface area contributed by atoms with Crippen LogP contribution in [0, 0.1) is 12.8 Å². The molecule has 0 nitrogen and oxygen atoms in total. The molecule has 0 aliphatic rings. The van der Waals surface area contributed by atoms with Crippen LogP contribution < -0.4 is 0 Å². The van der Waals surface area contributed by atoms with Crippen molar-refractivity contribution < 1.29 is 0 Å². The van der Waals surface area contributed by atoms with Gasteiger partial charge in [-0.3, -0.25) is 0 Å². The van der Waals surface area contributed by atoms with E-state index in [9.17, 15) is 0 Å². The Kier molecular flexibility index (Phi) is 12.1. The first-order chi connectivity index (χ1) is 7.35. The van der Waals surface area contributed by atoms with Crippen LogP contribution in [0.2, 0.25) is 0 Å². The van der Waals surface area contributed by atoms with Crippen molar-refractivity contribution in [3.63, 3.8) is 0 Å². The monoisotopic (exact) mass is 211 g/mol. The minimum absolute atomic E-state index is 1.01. The maximum absolute atomic E-state index is 3.92. The van der Waals surface area contributed by atoms with E-state index < -0.39 is 0 Å². The molecule has 0 saturated carbocycles. The van der Waals surface area contributed by atoms with Gasteiger partial charge in [0.15, 0.2) is 0 Å². The molecule has 0 heteroatoms. The molecule has 0 heterocycles. The summed E-state index contributed by atoms with van der Waals surface area (Å²) in [6.07, 6.45) is 15.3. The molecule has 0 spiro atoms. The lowest BCUT2D eigenvalue weighted by Gasteiger charge is -2.15. The van der Waals surface area contributed by atoms with Crippen molar-refractivity contribution in [2.45, 2.75) is 84.5 Å². The molecule has 0 aromatic heterocycles. The molecule has 0 amide bonds. The van der Waals surface area contributed by atoms with Crippen LogP contribution >= 0.6 is 0 Å². The standard InChI is InChI=1S/C15H31/c1-4-7-9-11-14-15(12-6-3)13-10-8-5-2/h15H,2,4-14H2,1,3H3. The van der Waals surface area contributed by atoms with Gasteiger partial charge in [-0.1, -0.05) is 91.4 Å². The van der Waals surface area contributed by atoms with Crippen LogP contribution in [0.15, 0.2) is 0 Å². The molecule has 0 aromatic carbocycles. The van der Waals surface area contributed by atoms with Crippen LogP contribution in [0.1, 0.15) is 84.5 Å². The number of unbranched alkanes of at least 4 members (excludes halogenated alkanes) is 5. The number of hydrogen-bond donors (Lipinski definition) is 0. The summed E-state index contributed by atoms with van der Waals surface area (Å²) in [5.74, 6) is 1.01. The zero-order valence-electron chi connectivity index (χ0n) is 11.1. The Morgan fingerprint density at radius 2 is 1.40 bits per heavy atom. The molecule has 15 heavy (non-hydrogen) atoms. The topological polar surface area (TPSA) is 0 Å². The predicted molar refractivity (Wildman–Crippen MR) is 71.0 cm³/mol. The Hall–Kier alpha value is 0. The van der Waals surface area contributed by atoms with Gasteiger partial charge in [-0.25, -0.2) is 0 Å². The first-order valence-electron chi connectivity index (χ1n) is 7.14. The Morgan fingerprint density at radius 3 is 1.93 bits per heavy atom. The highest BCUT2D eigenvalue weighted by molar-refractivity contribution is 4.60. The molecule has 1 atom stereocenters. The Balaban J connectivity index is 3.44. The molecule has 0 aliphatic heterocycles. The molecule has 0 bridgehead atoms. The Morgan fingerprint density at radius 1 is 0.733 bits per heavy atom. The van der Waals surface area contributed by atoms with Crippen molar-refractivity contribution in [2.75, 3.05) is 0 Å². The maximum Gasteiger partial charge on any atom is -0.0414 e. The van der Waals surface area contributed by atoms with E-state index in [1.54, 1.807) is 0 Å². The molecule has 0 rings (SSSR count). The highest BCUT2D eigenvalue weighted by atomic mass is 14.1. The molecular weight excluding hydrogens is 180 g/mol. The summed E-state index contributed by atoms with van der Waals surface area (Å²) in [6, 6.07) is 0. The van der Waals surface area contributed by atoms with E-state index in [0.29, 0.717) is 0 Å². The lowest BCUT2D eigenvalue weighted by molar-refractivity contribution is 0.382. The summed E-state index contributed by atoms with van der Waals surface area (Å²) in [7, 11) is 0. The van der Waals surface area contributed by atoms with Gasteiger partial charge in [0.05, 0.1) is 0 Å². The SMILES string of the molecule is [CH2]CCCCC(CCC)CCCCCC. The third-order valence-electron chi connectivity index (χ3n) is 3.28. The van der Waals surface area contributed by atoms with Gasteiger partial charge in [0, 0.05) is 0 Å². The molecule has 0 N–H and O–H groups in total. The van der Waals surface area contributed by atoms with Crippen molar-refractivity contribution in [2.24, 2.45) is 5.92 Å². The van der Waals surface area contributed by atoms with Gasteiger partial charge in [0.25, 0.3) is 0 Å². The van der Waals surface area contributed by atoms with Crippen LogP contribution in [0.4, 0.5) is 0 Å². The van der Waals surface area contributed by atoms with Crippen molar-refractivity contribution in [1.82, 2.24) is 0 Å². The van der Waals surface area contributed by atoms with Gasteiger partial charge < -0.3 is 0 Å². The lowest BCUT2D eigenvalue weighted by atomic mass is 9.91. The zero-order chi connectivity index (χ0) is 11.4. The fourth-order valence-electron chi connectivity index (χ4n) is 2.31. The van der Waals surface area contributed by atoms with E-state index in [2.05, 4.69) is 20.8 Å². The van der Waals surface area contributed by atoms with Crippen LogP contribution in [0.3, 0.4) is 0 Å². The molecule has 1 radical (unpaired) electrons. The summed E-state index contributed by atoms with van der Waals surface area (Å²) in [4.78, 5) is 0. The molecule has 91 valence electrons. The molecular formula is C15H31. The fraction of sp³-hybridized carbons (Fsp3) is 0.933. The molecule has 0 fully saturated rings. The van der Waals surface area contributed by atoms with E-state index >= 15 is 0 Å². The molecule has 0 aromatic rings. The summed E-state index contributed by atoms with van der Waals surface area (Å²) >= 11 is 0. The van der Waals surface area contributed by atoms with Gasteiger partial charge >= 0.3 is 0 Å². The lowest BCUT2D eigenvalue weighted by Crippen LogP contribution is -2.00. The minimum Gasteiger partial charge on any atom is -0.0654 e. The average Bonchev–Trinajstić information content (AvgIpc) is 2.24. The van der Waals surface area contributed by atoms with Crippen LogP contribution in [0.5, 0.6) is 0 Å². The van der Waals surface area contributed by atoms with E-state index in [0.717, 1.165) is 12.3 Å². The van der Waals surface area contributed by atoms with Gasteiger partial charge in [-0.2, -0.15) is 0 Å². The Labute approximate surface area is 97.8 Å². The van der Waals surface area contributed by atoms with Crippen molar-refractivity contribution in [1.29, 1.82) is 0 Å². The number of rotatable bonds is 11. The second-order valence-electron chi connectivity index (χ2n) is 4.85. The van der Waals surface area contributed by atoms with E-state index in [-0.39, 0.29) is 0 Å². The zero-order valence-corrected chi connectivity index (χ0v) is 11.1. The third kappa shape index (κ3) is 10.3. The normalized spacial score (nSPS) is 13.0. The highest BCUT2D eigenvalue weighted by Gasteiger charge is 2.06. The quantitative estimate of drug-likeness (QED) is 0.381. The van der Waals surface area contributed by atoms with Gasteiger partial charge in [-0.15, -0.1) is 0 Å². The van der Waals surface area contributed by atoms with Crippen molar-refractivity contribution >= 4 is 0 Å². The third-order valence-corrected chi connectivity index (χ3v) is 3.28. The second kappa shape index (κ2) is 12.1. The van der Waals surface area contributed by atoms with Gasteiger partial charge in [0.2, 0.25) is 0 Å². The summed E-state index contributed by atoms with van der Waals surface area (Å²) in [5.41, 5.74) is 0. The van der Waals surface area contributed by atoms with Gasteiger partial charge in [0.1, 0.15) is 0 Å². The molecule has 1 unspecified atom stereocenters. The summed E-state index contributed by atoms with van der Waals surface area (Å²) < 4.78 is 0. The first kappa shape index (κ1) is 15.0. The van der Waals surface area contributed by atoms with Crippen LogP contribution in [0.25, 0.3) is 0 Å². The first-order valence-corrected chi connectivity index (χ1v) is 7.14. The largest absolute Gasteiger partial charge is 0.0654 e. The van der Waals surface area contributed by atoms with E-state index in [4.69, 9.17) is 0 Å². The molecule has 0 aliphatic carbocycles. The Bertz CT molecular complexity index is 107. The van der Waals surface area contributed by atoms with E-state index in [1.165, 1.54) is 64.2 Å².